The Morgan fingerprint density at radius 2 is 1.82 bits per heavy atom. The third-order valence-electron chi connectivity index (χ3n) is 5.41. The van der Waals surface area contributed by atoms with Crippen molar-refractivity contribution in [1.82, 2.24) is 15.1 Å². The summed E-state index contributed by atoms with van der Waals surface area (Å²) in [5, 5.41) is 13.5. The Morgan fingerprint density at radius 3 is 2.39 bits per heavy atom. The van der Waals surface area contributed by atoms with Crippen LogP contribution in [-0.4, -0.2) is 73.9 Å². The van der Waals surface area contributed by atoms with E-state index in [0.717, 1.165) is 31.2 Å². The molecule has 8 heteroatoms. The summed E-state index contributed by atoms with van der Waals surface area (Å²) in [5.74, 6) is 1.78. The number of likely N-dealkylation sites (tertiary alicyclic amines) is 2. The number of halogens is 1. The highest BCUT2D eigenvalue weighted by atomic mass is 127. The molecule has 1 unspecified atom stereocenters. The van der Waals surface area contributed by atoms with Gasteiger partial charge in [0.15, 0.2) is 17.5 Å². The number of methoxy groups -OCH3 is 2. The van der Waals surface area contributed by atoms with Gasteiger partial charge >= 0.3 is 0 Å². The van der Waals surface area contributed by atoms with Crippen LogP contribution in [0, 0.1) is 0 Å². The summed E-state index contributed by atoms with van der Waals surface area (Å²) in [4.78, 5) is 9.81. The molecule has 0 saturated carbocycles. The van der Waals surface area contributed by atoms with Crippen LogP contribution in [-0.2, 0) is 6.54 Å². The zero-order valence-electron chi connectivity index (χ0n) is 17.1. The topological polar surface area (TPSA) is 69.6 Å². The lowest BCUT2D eigenvalue weighted by atomic mass is 10.2. The summed E-state index contributed by atoms with van der Waals surface area (Å²) < 4.78 is 10.5. The first-order valence-electron chi connectivity index (χ1n) is 9.87. The van der Waals surface area contributed by atoms with Crippen molar-refractivity contribution in [1.29, 1.82) is 0 Å². The number of guanidine groups is 1. The second-order valence-corrected chi connectivity index (χ2v) is 7.15. The minimum absolute atomic E-state index is 0. The van der Waals surface area contributed by atoms with E-state index in [4.69, 9.17) is 14.5 Å². The molecule has 1 aromatic rings. The molecule has 2 aliphatic rings. The van der Waals surface area contributed by atoms with Gasteiger partial charge in [-0.15, -0.1) is 24.0 Å². The smallest absolute Gasteiger partial charge is 0.200 e. The van der Waals surface area contributed by atoms with E-state index in [-0.39, 0.29) is 29.7 Å². The van der Waals surface area contributed by atoms with E-state index in [9.17, 15) is 5.11 Å². The summed E-state index contributed by atoms with van der Waals surface area (Å²) in [6, 6.07) is 4.26. The highest BCUT2D eigenvalue weighted by molar-refractivity contribution is 14.0. The highest BCUT2D eigenvalue weighted by Gasteiger charge is 2.30. The lowest BCUT2D eigenvalue weighted by Crippen LogP contribution is -2.42. The molecule has 0 aromatic heterocycles. The van der Waals surface area contributed by atoms with E-state index in [1.165, 1.54) is 46.6 Å². The number of nitrogens with one attached hydrogen (secondary N) is 1. The molecule has 2 aliphatic heterocycles. The maximum atomic E-state index is 10.1. The van der Waals surface area contributed by atoms with Gasteiger partial charge in [0.2, 0.25) is 5.75 Å². The molecular formula is C20H33IN4O3. The van der Waals surface area contributed by atoms with E-state index in [1.807, 2.05) is 12.1 Å². The maximum absolute atomic E-state index is 10.1. The van der Waals surface area contributed by atoms with Crippen molar-refractivity contribution in [2.45, 2.75) is 38.8 Å². The summed E-state index contributed by atoms with van der Waals surface area (Å²) >= 11 is 0. The van der Waals surface area contributed by atoms with Crippen molar-refractivity contribution >= 4 is 29.9 Å². The lowest BCUT2D eigenvalue weighted by molar-refractivity contribution is 0.249. The highest BCUT2D eigenvalue weighted by Crippen LogP contribution is 2.37. The van der Waals surface area contributed by atoms with E-state index in [2.05, 4.69) is 22.0 Å². The summed E-state index contributed by atoms with van der Waals surface area (Å²) in [5.41, 5.74) is 0.937. The molecule has 0 aliphatic carbocycles. The number of ether oxygens (including phenoxy) is 2. The minimum Gasteiger partial charge on any atom is -0.502 e. The molecule has 1 atom stereocenters. The molecule has 2 heterocycles. The van der Waals surface area contributed by atoms with Crippen molar-refractivity contribution in [3.05, 3.63) is 17.7 Å². The predicted molar refractivity (Wildman–Crippen MR) is 122 cm³/mol. The lowest BCUT2D eigenvalue weighted by Gasteiger charge is -2.25. The molecular weight excluding hydrogens is 471 g/mol. The Morgan fingerprint density at radius 1 is 1.18 bits per heavy atom. The van der Waals surface area contributed by atoms with Gasteiger partial charge in [0.1, 0.15) is 0 Å². The molecule has 2 fully saturated rings. The second kappa shape index (κ2) is 10.9. The number of rotatable bonds is 6. The van der Waals surface area contributed by atoms with Gasteiger partial charge in [0.05, 0.1) is 20.8 Å². The van der Waals surface area contributed by atoms with Crippen LogP contribution in [0.1, 0.15) is 31.7 Å². The SMILES string of the molecule is CCNC(=NCc1cc(OC)c(O)c(OC)c1)N1CCC(N2CCCC2)C1.I. The third kappa shape index (κ3) is 5.34. The zero-order valence-corrected chi connectivity index (χ0v) is 19.4. The minimum atomic E-state index is 0. The average Bonchev–Trinajstić information content (AvgIpc) is 3.37. The van der Waals surface area contributed by atoms with Crippen molar-refractivity contribution < 1.29 is 14.6 Å². The van der Waals surface area contributed by atoms with Crippen LogP contribution in [0.4, 0.5) is 0 Å². The number of phenolic OH excluding ortho intramolecular Hbond substituents is 1. The largest absolute Gasteiger partial charge is 0.502 e. The van der Waals surface area contributed by atoms with E-state index < -0.39 is 0 Å². The van der Waals surface area contributed by atoms with E-state index in [0.29, 0.717) is 24.1 Å². The monoisotopic (exact) mass is 504 g/mol. The van der Waals surface area contributed by atoms with Crippen molar-refractivity contribution in [2.24, 2.45) is 4.99 Å². The molecule has 2 N–H and O–H groups in total. The maximum Gasteiger partial charge on any atom is 0.200 e. The normalized spacial score (nSPS) is 20.2. The number of aromatic hydroxyl groups is 1. The number of aliphatic imine (C=N–C) groups is 1. The molecule has 0 amide bonds. The molecule has 3 rings (SSSR count). The Kier molecular flexibility index (Phi) is 8.94. The molecule has 158 valence electrons. The quantitative estimate of drug-likeness (QED) is 0.353. The number of hydrogen-bond donors (Lipinski definition) is 2. The van der Waals surface area contributed by atoms with Gasteiger partial charge in [0.25, 0.3) is 0 Å². The van der Waals surface area contributed by atoms with Crippen molar-refractivity contribution in [2.75, 3.05) is 46.9 Å². The first-order valence-corrected chi connectivity index (χ1v) is 9.87. The van der Waals surface area contributed by atoms with Crippen LogP contribution in [0.5, 0.6) is 17.2 Å². The Hall–Kier alpha value is -1.42. The van der Waals surface area contributed by atoms with Gasteiger partial charge in [-0.2, -0.15) is 0 Å². The van der Waals surface area contributed by atoms with E-state index in [1.54, 1.807) is 0 Å². The Balaban J connectivity index is 0.00000280. The fourth-order valence-electron chi connectivity index (χ4n) is 3.97. The van der Waals surface area contributed by atoms with Crippen LogP contribution in [0.15, 0.2) is 17.1 Å². The summed E-state index contributed by atoms with van der Waals surface area (Å²) in [6.07, 6.45) is 3.86. The first-order chi connectivity index (χ1) is 13.2. The number of phenols is 1. The molecule has 0 radical (unpaired) electrons. The first kappa shape index (κ1) is 22.9. The fourth-order valence-corrected chi connectivity index (χ4v) is 3.97. The average molecular weight is 504 g/mol. The van der Waals surface area contributed by atoms with Gasteiger partial charge < -0.3 is 24.8 Å². The molecule has 0 spiro atoms. The van der Waals surface area contributed by atoms with Crippen LogP contribution in [0.3, 0.4) is 0 Å². The number of nitrogens with zero attached hydrogens (tertiary/aromatic N) is 3. The number of hydrogen-bond acceptors (Lipinski definition) is 5. The summed E-state index contributed by atoms with van der Waals surface area (Å²) in [6.45, 7) is 7.98. The van der Waals surface area contributed by atoms with Gasteiger partial charge in [-0.25, -0.2) is 4.99 Å². The fraction of sp³-hybridized carbons (Fsp3) is 0.650. The second-order valence-electron chi connectivity index (χ2n) is 7.15. The van der Waals surface area contributed by atoms with Gasteiger partial charge in [-0.05, 0) is 57.0 Å². The zero-order chi connectivity index (χ0) is 19.2. The molecule has 28 heavy (non-hydrogen) atoms. The molecule has 7 nitrogen and oxygen atoms in total. The molecule has 1 aromatic carbocycles. The predicted octanol–water partition coefficient (Wildman–Crippen LogP) is 2.66. The Bertz CT molecular complexity index is 640. The van der Waals surface area contributed by atoms with Crippen LogP contribution in [0.25, 0.3) is 0 Å². The van der Waals surface area contributed by atoms with Gasteiger partial charge in [-0.3, -0.25) is 4.90 Å². The van der Waals surface area contributed by atoms with E-state index >= 15 is 0 Å². The van der Waals surface area contributed by atoms with Crippen LogP contribution in [0.2, 0.25) is 0 Å². The molecule has 0 bridgehead atoms. The van der Waals surface area contributed by atoms with Crippen LogP contribution >= 0.6 is 24.0 Å². The van der Waals surface area contributed by atoms with Crippen LogP contribution < -0.4 is 14.8 Å². The number of benzene rings is 1. The van der Waals surface area contributed by atoms with Gasteiger partial charge in [-0.1, -0.05) is 0 Å². The third-order valence-corrected chi connectivity index (χ3v) is 5.41. The molecule has 2 saturated heterocycles. The standard InChI is InChI=1S/C20H32N4O3.HI/c1-4-21-20(24-10-7-16(14-24)23-8-5-6-9-23)22-13-15-11-17(26-2)19(25)18(12-15)27-3;/h11-12,16,25H,4-10,13-14H2,1-3H3,(H,21,22);1H. The van der Waals surface area contributed by atoms with Crippen molar-refractivity contribution in [3.8, 4) is 17.2 Å². The Labute approximate surface area is 185 Å². The van der Waals surface area contributed by atoms with Gasteiger partial charge in [0, 0.05) is 25.7 Å². The van der Waals surface area contributed by atoms with Crippen molar-refractivity contribution in [3.63, 3.8) is 0 Å². The summed E-state index contributed by atoms with van der Waals surface area (Å²) in [7, 11) is 3.07.